The molecular formula is C17H16N4O. The topological polar surface area (TPSA) is 62.8 Å². The van der Waals surface area contributed by atoms with Crippen molar-refractivity contribution in [2.24, 2.45) is 0 Å². The Kier molecular flexibility index (Phi) is 3.33. The van der Waals surface area contributed by atoms with E-state index in [1.165, 1.54) is 5.69 Å². The lowest BCUT2D eigenvalue weighted by atomic mass is 9.99. The lowest BCUT2D eigenvalue weighted by Gasteiger charge is -2.23. The van der Waals surface area contributed by atoms with Crippen molar-refractivity contribution >= 4 is 0 Å². The fourth-order valence-corrected chi connectivity index (χ4v) is 2.73. The number of aromatic amines is 1. The number of fused-ring (bicyclic) bond motifs is 1. The molecule has 0 saturated heterocycles. The lowest BCUT2D eigenvalue weighted by Crippen LogP contribution is -2.30. The van der Waals surface area contributed by atoms with Gasteiger partial charge in [-0.25, -0.2) is 9.97 Å². The normalized spacial score (nSPS) is 17.0. The van der Waals surface area contributed by atoms with Crippen LogP contribution in [0.2, 0.25) is 0 Å². The molecule has 0 fully saturated rings. The number of benzene rings is 1. The highest BCUT2D eigenvalue weighted by atomic mass is 16.5. The quantitative estimate of drug-likeness (QED) is 0.779. The third-order valence-electron chi connectivity index (χ3n) is 3.81. The van der Waals surface area contributed by atoms with E-state index >= 15 is 0 Å². The first-order valence-corrected chi connectivity index (χ1v) is 7.34. The van der Waals surface area contributed by atoms with Gasteiger partial charge in [0, 0.05) is 30.9 Å². The summed E-state index contributed by atoms with van der Waals surface area (Å²) in [4.78, 5) is 12.0. The van der Waals surface area contributed by atoms with Crippen molar-refractivity contribution in [3.63, 3.8) is 0 Å². The molecule has 3 aromatic rings. The molecule has 1 atom stereocenters. The number of aromatic nitrogens is 3. The van der Waals surface area contributed by atoms with E-state index in [9.17, 15) is 0 Å². The van der Waals surface area contributed by atoms with Crippen LogP contribution in [0.25, 0.3) is 0 Å². The largest absolute Gasteiger partial charge is 0.439 e. The molecule has 0 unspecified atom stereocenters. The van der Waals surface area contributed by atoms with Gasteiger partial charge in [0.1, 0.15) is 5.75 Å². The summed E-state index contributed by atoms with van der Waals surface area (Å²) in [5, 5.41) is 3.48. The average molecular weight is 292 g/mol. The summed E-state index contributed by atoms with van der Waals surface area (Å²) in [5.74, 6) is 1.38. The summed E-state index contributed by atoms with van der Waals surface area (Å²) < 4.78 is 5.72. The number of pyridine rings is 1. The zero-order valence-electron chi connectivity index (χ0n) is 12.0. The van der Waals surface area contributed by atoms with E-state index in [-0.39, 0.29) is 6.04 Å². The maximum Gasteiger partial charge on any atom is 0.219 e. The maximum absolute atomic E-state index is 5.72. The molecule has 1 aromatic carbocycles. The zero-order valence-corrected chi connectivity index (χ0v) is 12.0. The Bertz CT molecular complexity index is 752. The van der Waals surface area contributed by atoms with E-state index in [2.05, 4.69) is 20.3 Å². The number of para-hydroxylation sites is 1. The Morgan fingerprint density at radius 2 is 1.95 bits per heavy atom. The fraction of sp³-hybridized carbons (Fsp3) is 0.176. The molecule has 0 amide bonds. The van der Waals surface area contributed by atoms with Gasteiger partial charge >= 0.3 is 0 Å². The predicted octanol–water partition coefficient (Wildman–Crippen LogP) is 2.83. The minimum atomic E-state index is 0.0910. The number of hydrogen-bond donors (Lipinski definition) is 2. The van der Waals surface area contributed by atoms with Crippen LogP contribution in [0.1, 0.15) is 23.0 Å². The van der Waals surface area contributed by atoms with E-state index < -0.39 is 0 Å². The number of H-pyrrole nitrogens is 1. The van der Waals surface area contributed by atoms with Crippen molar-refractivity contribution in [2.45, 2.75) is 12.5 Å². The second-order valence-electron chi connectivity index (χ2n) is 5.25. The van der Waals surface area contributed by atoms with E-state index in [1.807, 2.05) is 48.7 Å². The summed E-state index contributed by atoms with van der Waals surface area (Å²) >= 11 is 0. The first-order valence-electron chi connectivity index (χ1n) is 7.34. The first kappa shape index (κ1) is 13.0. The van der Waals surface area contributed by atoms with Gasteiger partial charge in [0.2, 0.25) is 5.88 Å². The standard InChI is InChI=1S/C17H16N4O/c1-2-4-13(5-3-1)22-15-7-6-12(10-19-15)16-17-14(8-9-18-16)20-11-21-17/h1-7,10-11,16,18H,8-9H2,(H,20,21)/t16-/m0/s1. The second kappa shape index (κ2) is 5.61. The number of rotatable bonds is 3. The van der Waals surface area contributed by atoms with Crippen LogP contribution < -0.4 is 10.1 Å². The minimum absolute atomic E-state index is 0.0910. The van der Waals surface area contributed by atoms with Crippen LogP contribution in [0.3, 0.4) is 0 Å². The van der Waals surface area contributed by atoms with Gasteiger partial charge in [0.25, 0.3) is 0 Å². The molecule has 0 radical (unpaired) electrons. The molecule has 1 aliphatic heterocycles. The smallest absolute Gasteiger partial charge is 0.219 e. The van der Waals surface area contributed by atoms with Gasteiger partial charge < -0.3 is 15.0 Å². The monoisotopic (exact) mass is 292 g/mol. The van der Waals surface area contributed by atoms with E-state index in [4.69, 9.17) is 4.74 Å². The SMILES string of the molecule is c1ccc(Oc2ccc([C@@H]3NCCc4[nH]cnc43)cn2)cc1. The summed E-state index contributed by atoms with van der Waals surface area (Å²) in [7, 11) is 0. The van der Waals surface area contributed by atoms with Gasteiger partial charge in [-0.15, -0.1) is 0 Å². The molecule has 0 bridgehead atoms. The zero-order chi connectivity index (χ0) is 14.8. The van der Waals surface area contributed by atoms with E-state index in [0.29, 0.717) is 5.88 Å². The molecular weight excluding hydrogens is 276 g/mol. The minimum Gasteiger partial charge on any atom is -0.439 e. The van der Waals surface area contributed by atoms with Crippen LogP contribution in [0.4, 0.5) is 0 Å². The fourth-order valence-electron chi connectivity index (χ4n) is 2.73. The van der Waals surface area contributed by atoms with Gasteiger partial charge in [-0.3, -0.25) is 0 Å². The third-order valence-corrected chi connectivity index (χ3v) is 3.81. The van der Waals surface area contributed by atoms with Crippen molar-refractivity contribution in [3.05, 3.63) is 71.9 Å². The Morgan fingerprint density at radius 1 is 1.05 bits per heavy atom. The van der Waals surface area contributed by atoms with Crippen LogP contribution >= 0.6 is 0 Å². The van der Waals surface area contributed by atoms with Gasteiger partial charge in [0.15, 0.2) is 0 Å². The van der Waals surface area contributed by atoms with Gasteiger partial charge in [0.05, 0.1) is 18.1 Å². The van der Waals surface area contributed by atoms with E-state index in [0.717, 1.165) is 30.0 Å². The van der Waals surface area contributed by atoms with Crippen LogP contribution in [-0.2, 0) is 6.42 Å². The lowest BCUT2D eigenvalue weighted by molar-refractivity contribution is 0.461. The Labute approximate surface area is 128 Å². The van der Waals surface area contributed by atoms with Crippen molar-refractivity contribution in [1.29, 1.82) is 0 Å². The summed E-state index contributed by atoms with van der Waals surface area (Å²) in [6.07, 6.45) is 4.58. The Balaban J connectivity index is 1.56. The summed E-state index contributed by atoms with van der Waals surface area (Å²) in [6.45, 7) is 0.933. The van der Waals surface area contributed by atoms with Gasteiger partial charge in [-0.1, -0.05) is 24.3 Å². The second-order valence-corrected chi connectivity index (χ2v) is 5.25. The molecule has 2 N–H and O–H groups in total. The maximum atomic E-state index is 5.72. The van der Waals surface area contributed by atoms with Crippen molar-refractivity contribution in [3.8, 4) is 11.6 Å². The molecule has 5 heteroatoms. The third kappa shape index (κ3) is 2.46. The number of imidazole rings is 1. The highest BCUT2D eigenvalue weighted by molar-refractivity contribution is 5.33. The number of ether oxygens (including phenoxy) is 1. The van der Waals surface area contributed by atoms with Crippen molar-refractivity contribution in [2.75, 3.05) is 6.54 Å². The molecule has 2 aromatic heterocycles. The highest BCUT2D eigenvalue weighted by Crippen LogP contribution is 2.27. The number of hydrogen-bond acceptors (Lipinski definition) is 4. The Hall–Kier alpha value is -2.66. The molecule has 0 aliphatic carbocycles. The molecule has 1 aliphatic rings. The molecule has 5 nitrogen and oxygen atoms in total. The number of nitrogens with zero attached hydrogens (tertiary/aromatic N) is 2. The van der Waals surface area contributed by atoms with Crippen LogP contribution in [0.5, 0.6) is 11.6 Å². The molecule has 22 heavy (non-hydrogen) atoms. The van der Waals surface area contributed by atoms with Crippen LogP contribution in [-0.4, -0.2) is 21.5 Å². The molecule has 0 spiro atoms. The first-order chi connectivity index (χ1) is 10.9. The van der Waals surface area contributed by atoms with Gasteiger partial charge in [-0.05, 0) is 17.7 Å². The predicted molar refractivity (Wildman–Crippen MR) is 82.9 cm³/mol. The summed E-state index contributed by atoms with van der Waals surface area (Å²) in [5.41, 5.74) is 3.35. The average Bonchev–Trinajstić information content (AvgIpc) is 3.05. The van der Waals surface area contributed by atoms with Crippen LogP contribution in [0, 0.1) is 0 Å². The molecule has 3 heterocycles. The van der Waals surface area contributed by atoms with Gasteiger partial charge in [-0.2, -0.15) is 0 Å². The van der Waals surface area contributed by atoms with Crippen molar-refractivity contribution < 1.29 is 4.74 Å². The van der Waals surface area contributed by atoms with Crippen LogP contribution in [0.15, 0.2) is 55.0 Å². The van der Waals surface area contributed by atoms with Crippen molar-refractivity contribution in [1.82, 2.24) is 20.3 Å². The molecule has 110 valence electrons. The van der Waals surface area contributed by atoms with E-state index in [1.54, 1.807) is 6.33 Å². The molecule has 0 saturated carbocycles. The number of nitrogens with one attached hydrogen (secondary N) is 2. The molecule has 4 rings (SSSR count). The Morgan fingerprint density at radius 3 is 2.77 bits per heavy atom. The summed E-state index contributed by atoms with van der Waals surface area (Å²) in [6, 6.07) is 13.7. The highest BCUT2D eigenvalue weighted by Gasteiger charge is 2.23.